The number of fused-ring (bicyclic) bond motifs is 2. The molecule has 2 bridgehead atoms. The number of rotatable bonds is 4. The van der Waals surface area contributed by atoms with Crippen molar-refractivity contribution >= 4 is 17.3 Å². The summed E-state index contributed by atoms with van der Waals surface area (Å²) in [7, 11) is 0. The number of nitrogens with one attached hydrogen (secondary N) is 1. The first-order valence-corrected chi connectivity index (χ1v) is 9.18. The molecule has 3 aromatic rings. The van der Waals surface area contributed by atoms with E-state index in [1.54, 1.807) is 0 Å². The van der Waals surface area contributed by atoms with Crippen LogP contribution >= 0.6 is 0 Å². The first-order valence-electron chi connectivity index (χ1n) is 9.18. The average Bonchev–Trinajstić information content (AvgIpc) is 3.37. The summed E-state index contributed by atoms with van der Waals surface area (Å²) < 4.78 is 33.9. The number of hydrogen-bond donors (Lipinski definition) is 1. The summed E-state index contributed by atoms with van der Waals surface area (Å²) in [6, 6.07) is 9.90. The van der Waals surface area contributed by atoms with Crippen molar-refractivity contribution in [2.45, 2.75) is 25.5 Å². The Hall–Kier alpha value is -3.00. The minimum atomic E-state index is -0.660. The molecular weight excluding hydrogens is 364 g/mol. The number of halogens is 2. The van der Waals surface area contributed by atoms with E-state index < -0.39 is 11.6 Å². The zero-order chi connectivity index (χ0) is 19.3. The molecule has 2 fully saturated rings. The van der Waals surface area contributed by atoms with Crippen LogP contribution in [-0.4, -0.2) is 40.1 Å². The van der Waals surface area contributed by atoms with Crippen LogP contribution in [0.1, 0.15) is 12.0 Å². The van der Waals surface area contributed by atoms with Crippen LogP contribution in [0.4, 0.5) is 26.1 Å². The standard InChI is InChI=1S/C20H19F2N5O/c1-12-2-15(7-16(3-12)26-9-19-8-18(26)10-28-19)24-20-23-11-27(25-20)17-5-13(21)4-14(22)6-17/h2-7,11,18-19H,8-10H2,1H3,(H,24,25)/t18-,19-/m0/s1. The Bertz CT molecular complexity index is 1020. The number of anilines is 3. The summed E-state index contributed by atoms with van der Waals surface area (Å²) >= 11 is 0. The lowest BCUT2D eigenvalue weighted by Gasteiger charge is -2.29. The quantitative estimate of drug-likeness (QED) is 0.746. The van der Waals surface area contributed by atoms with Crippen molar-refractivity contribution in [3.63, 3.8) is 0 Å². The first kappa shape index (κ1) is 17.1. The highest BCUT2D eigenvalue weighted by atomic mass is 19.1. The Labute approximate surface area is 160 Å². The SMILES string of the molecule is Cc1cc(Nc2ncn(-c3cc(F)cc(F)c3)n2)cc(N2C[C@@H]3C[C@H]2CO3)c1. The van der Waals surface area contributed by atoms with Gasteiger partial charge in [-0.05, 0) is 49.2 Å². The topological polar surface area (TPSA) is 55.2 Å². The number of aryl methyl sites for hydroxylation is 1. The molecule has 0 amide bonds. The fourth-order valence-electron chi connectivity index (χ4n) is 3.96. The van der Waals surface area contributed by atoms with Crippen LogP contribution in [0.3, 0.4) is 0 Å². The zero-order valence-corrected chi connectivity index (χ0v) is 15.3. The molecule has 3 heterocycles. The minimum Gasteiger partial charge on any atom is -0.374 e. The molecule has 0 spiro atoms. The third-order valence-electron chi connectivity index (χ3n) is 5.15. The van der Waals surface area contributed by atoms with E-state index in [0.29, 0.717) is 18.1 Å². The molecule has 2 aromatic carbocycles. The predicted octanol–water partition coefficient (Wildman–Crippen LogP) is 3.58. The Morgan fingerprint density at radius 1 is 1.07 bits per heavy atom. The van der Waals surface area contributed by atoms with Crippen LogP contribution in [0, 0.1) is 18.6 Å². The number of hydrogen-bond acceptors (Lipinski definition) is 5. The van der Waals surface area contributed by atoms with Gasteiger partial charge >= 0.3 is 0 Å². The fraction of sp³-hybridized carbons (Fsp3) is 0.300. The summed E-state index contributed by atoms with van der Waals surface area (Å²) in [4.78, 5) is 6.59. The Kier molecular flexibility index (Phi) is 4.01. The van der Waals surface area contributed by atoms with Crippen molar-refractivity contribution in [1.82, 2.24) is 14.8 Å². The number of morpholine rings is 1. The van der Waals surface area contributed by atoms with Gasteiger partial charge in [-0.1, -0.05) is 0 Å². The van der Waals surface area contributed by atoms with Crippen molar-refractivity contribution < 1.29 is 13.5 Å². The van der Waals surface area contributed by atoms with Gasteiger partial charge in [-0.25, -0.2) is 13.5 Å². The van der Waals surface area contributed by atoms with E-state index in [4.69, 9.17) is 4.74 Å². The summed E-state index contributed by atoms with van der Waals surface area (Å²) in [6.07, 6.45) is 2.82. The van der Waals surface area contributed by atoms with E-state index >= 15 is 0 Å². The molecule has 0 saturated carbocycles. The van der Waals surface area contributed by atoms with E-state index in [1.807, 2.05) is 13.0 Å². The molecule has 1 N–H and O–H groups in total. The fourth-order valence-corrected chi connectivity index (χ4v) is 3.96. The van der Waals surface area contributed by atoms with Gasteiger partial charge in [0.15, 0.2) is 0 Å². The van der Waals surface area contributed by atoms with Crippen LogP contribution in [0.5, 0.6) is 0 Å². The van der Waals surface area contributed by atoms with Gasteiger partial charge in [-0.2, -0.15) is 4.98 Å². The third kappa shape index (κ3) is 3.20. The van der Waals surface area contributed by atoms with Crippen LogP contribution in [0.2, 0.25) is 0 Å². The average molecular weight is 383 g/mol. The van der Waals surface area contributed by atoms with Crippen molar-refractivity contribution in [3.8, 4) is 5.69 Å². The Morgan fingerprint density at radius 2 is 1.89 bits per heavy atom. The van der Waals surface area contributed by atoms with Gasteiger partial charge in [0.2, 0.25) is 5.95 Å². The minimum absolute atomic E-state index is 0.274. The number of ether oxygens (including phenoxy) is 1. The van der Waals surface area contributed by atoms with Crippen molar-refractivity contribution in [2.24, 2.45) is 0 Å². The molecular formula is C20H19F2N5O. The molecule has 0 unspecified atom stereocenters. The summed E-state index contributed by atoms with van der Waals surface area (Å²) in [5.74, 6) is -0.966. The molecule has 0 radical (unpaired) electrons. The highest BCUT2D eigenvalue weighted by molar-refractivity contribution is 5.65. The molecule has 6 nitrogen and oxygen atoms in total. The van der Waals surface area contributed by atoms with Crippen LogP contribution in [0.15, 0.2) is 42.7 Å². The second-order valence-corrected chi connectivity index (χ2v) is 7.32. The number of benzene rings is 2. The van der Waals surface area contributed by atoms with Crippen LogP contribution < -0.4 is 10.2 Å². The highest BCUT2D eigenvalue weighted by Gasteiger charge is 2.39. The molecule has 144 valence electrons. The predicted molar refractivity (Wildman–Crippen MR) is 101 cm³/mol. The van der Waals surface area contributed by atoms with Crippen LogP contribution in [0.25, 0.3) is 5.69 Å². The monoisotopic (exact) mass is 383 g/mol. The molecule has 2 aliphatic rings. The lowest BCUT2D eigenvalue weighted by atomic mass is 10.1. The zero-order valence-electron chi connectivity index (χ0n) is 15.3. The van der Waals surface area contributed by atoms with Gasteiger partial charge < -0.3 is 15.0 Å². The van der Waals surface area contributed by atoms with Crippen molar-refractivity contribution in [3.05, 3.63) is 59.9 Å². The number of nitrogens with zero attached hydrogens (tertiary/aromatic N) is 4. The van der Waals surface area contributed by atoms with E-state index in [-0.39, 0.29) is 5.69 Å². The summed E-state index contributed by atoms with van der Waals surface area (Å²) in [5, 5.41) is 7.46. The van der Waals surface area contributed by atoms with E-state index in [2.05, 4.69) is 32.4 Å². The maximum atomic E-state index is 13.4. The largest absolute Gasteiger partial charge is 0.374 e. The summed E-state index contributed by atoms with van der Waals surface area (Å²) in [5.41, 5.74) is 3.40. The highest BCUT2D eigenvalue weighted by Crippen LogP contribution is 2.34. The normalized spacial score (nSPS) is 20.8. The molecule has 2 aliphatic heterocycles. The van der Waals surface area contributed by atoms with Gasteiger partial charge in [-0.3, -0.25) is 0 Å². The Balaban J connectivity index is 1.39. The lowest BCUT2D eigenvalue weighted by Crippen LogP contribution is -2.36. The second kappa shape index (κ2) is 6.56. The number of aromatic nitrogens is 3. The third-order valence-corrected chi connectivity index (χ3v) is 5.15. The van der Waals surface area contributed by atoms with Gasteiger partial charge in [-0.15, -0.1) is 5.10 Å². The van der Waals surface area contributed by atoms with Gasteiger partial charge in [0, 0.05) is 24.0 Å². The van der Waals surface area contributed by atoms with Crippen molar-refractivity contribution in [1.29, 1.82) is 0 Å². The summed E-state index contributed by atoms with van der Waals surface area (Å²) in [6.45, 7) is 3.73. The maximum Gasteiger partial charge on any atom is 0.246 e. The molecule has 28 heavy (non-hydrogen) atoms. The van der Waals surface area contributed by atoms with E-state index in [1.165, 1.54) is 23.1 Å². The molecule has 2 atom stereocenters. The first-order chi connectivity index (χ1) is 13.5. The lowest BCUT2D eigenvalue weighted by molar-refractivity contribution is 0.0991. The van der Waals surface area contributed by atoms with Gasteiger partial charge in [0.25, 0.3) is 0 Å². The van der Waals surface area contributed by atoms with E-state index in [0.717, 1.165) is 42.6 Å². The second-order valence-electron chi connectivity index (χ2n) is 7.32. The van der Waals surface area contributed by atoms with Crippen molar-refractivity contribution in [2.75, 3.05) is 23.4 Å². The molecule has 1 aromatic heterocycles. The molecule has 5 rings (SSSR count). The van der Waals surface area contributed by atoms with Gasteiger partial charge in [0.1, 0.15) is 18.0 Å². The van der Waals surface area contributed by atoms with Gasteiger partial charge in [0.05, 0.1) is 24.4 Å². The Morgan fingerprint density at radius 3 is 2.61 bits per heavy atom. The van der Waals surface area contributed by atoms with E-state index in [9.17, 15) is 8.78 Å². The van der Waals surface area contributed by atoms with Crippen LogP contribution in [-0.2, 0) is 4.74 Å². The molecule has 0 aliphatic carbocycles. The smallest absolute Gasteiger partial charge is 0.246 e. The molecule has 8 heteroatoms. The molecule has 2 saturated heterocycles. The maximum absolute atomic E-state index is 13.4.